The van der Waals surface area contributed by atoms with Crippen LogP contribution in [-0.4, -0.2) is 54.3 Å². The SMILES string of the molecule is CN(C)C(=O)CN(C)C(=O)c1ccnc(F)c1F. The number of amides is 2. The summed E-state index contributed by atoms with van der Waals surface area (Å²) in [5.41, 5.74) is -0.448. The molecule has 1 aromatic heterocycles. The molecule has 1 heterocycles. The van der Waals surface area contributed by atoms with Gasteiger partial charge in [0, 0.05) is 27.3 Å². The lowest BCUT2D eigenvalue weighted by molar-refractivity contribution is -0.129. The zero-order valence-corrected chi connectivity index (χ0v) is 10.3. The number of hydrogen-bond donors (Lipinski definition) is 0. The van der Waals surface area contributed by atoms with Crippen molar-refractivity contribution in [3.05, 3.63) is 29.6 Å². The van der Waals surface area contributed by atoms with E-state index in [2.05, 4.69) is 4.98 Å². The lowest BCUT2D eigenvalue weighted by Gasteiger charge is -2.19. The van der Waals surface area contributed by atoms with Crippen molar-refractivity contribution in [2.45, 2.75) is 0 Å². The van der Waals surface area contributed by atoms with Crippen LogP contribution in [0.4, 0.5) is 8.78 Å². The zero-order chi connectivity index (χ0) is 13.9. The molecule has 0 saturated carbocycles. The van der Waals surface area contributed by atoms with Gasteiger partial charge in [0.25, 0.3) is 5.91 Å². The van der Waals surface area contributed by atoms with Crippen molar-refractivity contribution in [1.82, 2.24) is 14.8 Å². The second kappa shape index (κ2) is 5.52. The highest BCUT2D eigenvalue weighted by Gasteiger charge is 2.21. The molecule has 0 saturated heterocycles. The lowest BCUT2D eigenvalue weighted by atomic mass is 10.2. The molecule has 5 nitrogen and oxygen atoms in total. The molecule has 0 aliphatic carbocycles. The molecule has 18 heavy (non-hydrogen) atoms. The first-order valence-corrected chi connectivity index (χ1v) is 5.10. The molecular weight excluding hydrogens is 244 g/mol. The molecule has 0 atom stereocenters. The first-order chi connectivity index (χ1) is 8.34. The second-order valence-corrected chi connectivity index (χ2v) is 3.91. The number of carbonyl (C=O) groups is 2. The van der Waals surface area contributed by atoms with Gasteiger partial charge in [-0.15, -0.1) is 0 Å². The second-order valence-electron chi connectivity index (χ2n) is 3.91. The summed E-state index contributed by atoms with van der Waals surface area (Å²) in [4.78, 5) is 28.6. The smallest absolute Gasteiger partial charge is 0.257 e. The van der Waals surface area contributed by atoms with Gasteiger partial charge in [-0.05, 0) is 6.07 Å². The van der Waals surface area contributed by atoms with Gasteiger partial charge in [0.05, 0.1) is 12.1 Å². The molecule has 0 aliphatic heterocycles. The van der Waals surface area contributed by atoms with E-state index in [1.54, 1.807) is 0 Å². The first kappa shape index (κ1) is 14.0. The minimum Gasteiger partial charge on any atom is -0.347 e. The Hall–Kier alpha value is -2.05. The fourth-order valence-electron chi connectivity index (χ4n) is 1.21. The van der Waals surface area contributed by atoms with Crippen molar-refractivity contribution in [3.63, 3.8) is 0 Å². The van der Waals surface area contributed by atoms with Crippen molar-refractivity contribution in [2.24, 2.45) is 0 Å². The average molecular weight is 257 g/mol. The van der Waals surface area contributed by atoms with E-state index in [9.17, 15) is 18.4 Å². The molecular formula is C11H13F2N3O2. The maximum Gasteiger partial charge on any atom is 0.257 e. The Morgan fingerprint density at radius 2 is 1.89 bits per heavy atom. The van der Waals surface area contributed by atoms with Gasteiger partial charge in [0.1, 0.15) is 0 Å². The monoisotopic (exact) mass is 257 g/mol. The Morgan fingerprint density at radius 3 is 2.44 bits per heavy atom. The van der Waals surface area contributed by atoms with Crippen molar-refractivity contribution in [3.8, 4) is 0 Å². The quantitative estimate of drug-likeness (QED) is 0.742. The standard InChI is InChI=1S/C11H13F2N3O2/c1-15(2)8(17)6-16(3)11(18)7-4-5-14-10(13)9(7)12/h4-5H,6H2,1-3H3. The maximum absolute atomic E-state index is 13.3. The van der Waals surface area contributed by atoms with Crippen LogP contribution in [-0.2, 0) is 4.79 Å². The molecule has 98 valence electrons. The molecule has 1 rings (SSSR count). The van der Waals surface area contributed by atoms with E-state index >= 15 is 0 Å². The molecule has 7 heteroatoms. The summed E-state index contributed by atoms with van der Waals surface area (Å²) in [7, 11) is 4.40. The predicted octanol–water partition coefficient (Wildman–Crippen LogP) is 0.520. The van der Waals surface area contributed by atoms with Gasteiger partial charge in [-0.3, -0.25) is 9.59 Å². The fraction of sp³-hybridized carbons (Fsp3) is 0.364. The van der Waals surface area contributed by atoms with Gasteiger partial charge >= 0.3 is 0 Å². The number of halogens is 2. The van der Waals surface area contributed by atoms with Gasteiger partial charge in [-0.25, -0.2) is 9.37 Å². The van der Waals surface area contributed by atoms with Gasteiger partial charge in [-0.1, -0.05) is 0 Å². The third-order valence-corrected chi connectivity index (χ3v) is 2.30. The Balaban J connectivity index is 2.87. The molecule has 0 N–H and O–H groups in total. The van der Waals surface area contributed by atoms with Crippen LogP contribution in [0.1, 0.15) is 10.4 Å². The van der Waals surface area contributed by atoms with Crippen molar-refractivity contribution in [2.75, 3.05) is 27.7 Å². The molecule has 2 amide bonds. The minimum absolute atomic E-state index is 0.213. The predicted molar refractivity (Wildman–Crippen MR) is 59.8 cm³/mol. The summed E-state index contributed by atoms with van der Waals surface area (Å²) in [6.45, 7) is -0.213. The van der Waals surface area contributed by atoms with E-state index in [0.717, 1.165) is 17.2 Å². The van der Waals surface area contributed by atoms with E-state index < -0.39 is 23.2 Å². The van der Waals surface area contributed by atoms with Crippen LogP contribution < -0.4 is 0 Å². The van der Waals surface area contributed by atoms with Crippen LogP contribution in [0.15, 0.2) is 12.3 Å². The number of likely N-dealkylation sites (N-methyl/N-ethyl adjacent to an activating group) is 2. The number of hydrogen-bond acceptors (Lipinski definition) is 3. The minimum atomic E-state index is -1.34. The summed E-state index contributed by atoms with van der Waals surface area (Å²) >= 11 is 0. The topological polar surface area (TPSA) is 53.5 Å². The Morgan fingerprint density at radius 1 is 1.28 bits per heavy atom. The van der Waals surface area contributed by atoms with Crippen LogP contribution in [0.5, 0.6) is 0 Å². The number of pyridine rings is 1. The summed E-state index contributed by atoms with van der Waals surface area (Å²) in [6.07, 6.45) is 0.993. The number of carbonyl (C=O) groups excluding carboxylic acids is 2. The molecule has 0 aromatic carbocycles. The van der Waals surface area contributed by atoms with E-state index in [4.69, 9.17) is 0 Å². The molecule has 0 fully saturated rings. The normalized spacial score (nSPS) is 10.1. The van der Waals surface area contributed by atoms with Crippen LogP contribution in [0.3, 0.4) is 0 Å². The molecule has 1 aromatic rings. The Kier molecular flexibility index (Phi) is 4.30. The molecule has 0 aliphatic rings. The fourth-order valence-corrected chi connectivity index (χ4v) is 1.21. The Bertz CT molecular complexity index is 477. The highest BCUT2D eigenvalue weighted by atomic mass is 19.2. The van der Waals surface area contributed by atoms with Gasteiger partial charge in [-0.2, -0.15) is 4.39 Å². The third kappa shape index (κ3) is 2.99. The lowest BCUT2D eigenvalue weighted by Crippen LogP contribution is -2.38. The largest absolute Gasteiger partial charge is 0.347 e. The van der Waals surface area contributed by atoms with Crippen LogP contribution in [0, 0.1) is 11.8 Å². The summed E-state index contributed by atoms with van der Waals surface area (Å²) in [6, 6.07) is 1.07. The number of aromatic nitrogens is 1. The molecule has 0 bridgehead atoms. The maximum atomic E-state index is 13.3. The average Bonchev–Trinajstić information content (AvgIpc) is 2.31. The first-order valence-electron chi connectivity index (χ1n) is 5.10. The van der Waals surface area contributed by atoms with Crippen LogP contribution in [0.25, 0.3) is 0 Å². The van der Waals surface area contributed by atoms with E-state index in [-0.39, 0.29) is 12.5 Å². The van der Waals surface area contributed by atoms with Crippen molar-refractivity contribution in [1.29, 1.82) is 0 Å². The van der Waals surface area contributed by atoms with E-state index in [1.165, 1.54) is 26.0 Å². The van der Waals surface area contributed by atoms with Gasteiger partial charge in [0.2, 0.25) is 11.9 Å². The Labute approximate surface area is 103 Å². The van der Waals surface area contributed by atoms with Crippen molar-refractivity contribution < 1.29 is 18.4 Å². The molecule has 0 unspecified atom stereocenters. The number of rotatable bonds is 3. The number of nitrogens with zero attached hydrogens (tertiary/aromatic N) is 3. The highest BCUT2D eigenvalue weighted by Crippen LogP contribution is 2.11. The van der Waals surface area contributed by atoms with Gasteiger partial charge in [0.15, 0.2) is 5.82 Å². The summed E-state index contributed by atoms with van der Waals surface area (Å²) in [5, 5.41) is 0. The summed E-state index contributed by atoms with van der Waals surface area (Å²) in [5.74, 6) is -3.75. The summed E-state index contributed by atoms with van der Waals surface area (Å²) < 4.78 is 26.2. The van der Waals surface area contributed by atoms with Crippen LogP contribution in [0.2, 0.25) is 0 Å². The molecule has 0 radical (unpaired) electrons. The van der Waals surface area contributed by atoms with Crippen LogP contribution >= 0.6 is 0 Å². The third-order valence-electron chi connectivity index (χ3n) is 2.30. The van der Waals surface area contributed by atoms with Gasteiger partial charge < -0.3 is 9.80 Å². The van der Waals surface area contributed by atoms with E-state index in [1.807, 2.05) is 0 Å². The van der Waals surface area contributed by atoms with Crippen molar-refractivity contribution >= 4 is 11.8 Å². The molecule has 0 spiro atoms. The van der Waals surface area contributed by atoms with E-state index in [0.29, 0.717) is 0 Å². The highest BCUT2D eigenvalue weighted by molar-refractivity contribution is 5.96. The zero-order valence-electron chi connectivity index (χ0n) is 10.3.